The number of fused-ring (bicyclic) bond motifs is 1. The van der Waals surface area contributed by atoms with Gasteiger partial charge in [0.25, 0.3) is 0 Å². The number of ether oxygens (including phenoxy) is 3. The van der Waals surface area contributed by atoms with Gasteiger partial charge in [0.15, 0.2) is 11.5 Å². The Morgan fingerprint density at radius 1 is 1.10 bits per heavy atom. The van der Waals surface area contributed by atoms with Crippen molar-refractivity contribution in [3.05, 3.63) is 53.8 Å². The molecule has 7 nitrogen and oxygen atoms in total. The minimum Gasteiger partial charge on any atom is -0.454 e. The summed E-state index contributed by atoms with van der Waals surface area (Å²) in [5.74, 6) is 1.22. The number of methoxy groups -OCH3 is 1. The van der Waals surface area contributed by atoms with Crippen molar-refractivity contribution in [2.45, 2.75) is 6.04 Å². The van der Waals surface area contributed by atoms with E-state index in [-0.39, 0.29) is 18.7 Å². The van der Waals surface area contributed by atoms with Gasteiger partial charge in [0.1, 0.15) is 5.82 Å². The van der Waals surface area contributed by atoms with Gasteiger partial charge in [-0.15, -0.1) is 0 Å². The van der Waals surface area contributed by atoms with E-state index in [4.69, 9.17) is 14.2 Å². The van der Waals surface area contributed by atoms with Crippen molar-refractivity contribution >= 4 is 11.8 Å². The second kappa shape index (κ2) is 8.57. The van der Waals surface area contributed by atoms with Crippen molar-refractivity contribution < 1.29 is 23.4 Å². The standard InChI is InChI=1S/C21H24FN3O4/c1-27-21(26)23-13-18(15-2-7-19-20(12-15)29-14-28-19)25-10-8-24(9-11-25)17-5-3-16(22)4-6-17/h2-7,12,18H,8-11,13-14H2,1H3,(H,23,26)/t18-/m1/s1. The van der Waals surface area contributed by atoms with E-state index in [1.807, 2.05) is 18.2 Å². The zero-order valence-electron chi connectivity index (χ0n) is 16.3. The summed E-state index contributed by atoms with van der Waals surface area (Å²) in [5, 5.41) is 2.81. The third kappa shape index (κ3) is 4.37. The minimum absolute atomic E-state index is 0.0287. The number of hydrogen-bond donors (Lipinski definition) is 1. The average molecular weight is 401 g/mol. The molecule has 1 atom stereocenters. The number of carbonyl (C=O) groups excluding carboxylic acids is 1. The molecule has 29 heavy (non-hydrogen) atoms. The van der Waals surface area contributed by atoms with E-state index in [1.165, 1.54) is 19.2 Å². The predicted molar refractivity (Wildman–Crippen MR) is 106 cm³/mol. The maximum absolute atomic E-state index is 13.2. The lowest BCUT2D eigenvalue weighted by Crippen LogP contribution is -2.50. The van der Waals surface area contributed by atoms with Crippen LogP contribution in [0.2, 0.25) is 0 Å². The monoisotopic (exact) mass is 401 g/mol. The van der Waals surface area contributed by atoms with E-state index >= 15 is 0 Å². The fourth-order valence-corrected chi connectivity index (χ4v) is 3.77. The van der Waals surface area contributed by atoms with Gasteiger partial charge in [0.2, 0.25) is 6.79 Å². The number of nitrogens with zero attached hydrogens (tertiary/aromatic N) is 2. The average Bonchev–Trinajstić information content (AvgIpc) is 3.23. The highest BCUT2D eigenvalue weighted by Gasteiger charge is 2.27. The molecule has 1 saturated heterocycles. The number of hydrogen-bond acceptors (Lipinski definition) is 6. The van der Waals surface area contributed by atoms with Gasteiger partial charge >= 0.3 is 6.09 Å². The number of halogens is 1. The van der Waals surface area contributed by atoms with Gasteiger partial charge in [-0.25, -0.2) is 9.18 Å². The first kappa shape index (κ1) is 19.3. The van der Waals surface area contributed by atoms with Gasteiger partial charge in [-0.05, 0) is 42.0 Å². The number of benzene rings is 2. The topological polar surface area (TPSA) is 63.3 Å². The first-order valence-corrected chi connectivity index (χ1v) is 9.60. The second-order valence-electron chi connectivity index (χ2n) is 7.00. The molecule has 1 fully saturated rings. The third-order valence-corrected chi connectivity index (χ3v) is 5.35. The van der Waals surface area contributed by atoms with Crippen LogP contribution in [0.25, 0.3) is 0 Å². The number of nitrogens with one attached hydrogen (secondary N) is 1. The molecule has 0 saturated carbocycles. The fraction of sp³-hybridized carbons (Fsp3) is 0.381. The van der Waals surface area contributed by atoms with E-state index in [1.54, 1.807) is 12.1 Å². The first-order valence-electron chi connectivity index (χ1n) is 9.60. The van der Waals surface area contributed by atoms with Crippen LogP contribution in [0.1, 0.15) is 11.6 Å². The number of alkyl carbamates (subject to hydrolysis) is 1. The molecular weight excluding hydrogens is 377 g/mol. The molecule has 1 amide bonds. The first-order chi connectivity index (χ1) is 14.1. The Morgan fingerprint density at radius 2 is 1.83 bits per heavy atom. The van der Waals surface area contributed by atoms with E-state index < -0.39 is 6.09 Å². The summed E-state index contributed by atoms with van der Waals surface area (Å²) in [6.45, 7) is 3.87. The highest BCUT2D eigenvalue weighted by Crippen LogP contribution is 2.35. The quantitative estimate of drug-likeness (QED) is 0.831. The lowest BCUT2D eigenvalue weighted by Gasteiger charge is -2.40. The van der Waals surface area contributed by atoms with Gasteiger partial charge in [-0.3, -0.25) is 4.90 Å². The highest BCUT2D eigenvalue weighted by atomic mass is 19.1. The molecule has 4 rings (SSSR count). The van der Waals surface area contributed by atoms with Crippen molar-refractivity contribution in [1.29, 1.82) is 0 Å². The van der Waals surface area contributed by atoms with Gasteiger partial charge < -0.3 is 24.4 Å². The summed E-state index contributed by atoms with van der Waals surface area (Å²) in [4.78, 5) is 16.2. The van der Waals surface area contributed by atoms with Gasteiger partial charge in [0.05, 0.1) is 13.2 Å². The van der Waals surface area contributed by atoms with Crippen molar-refractivity contribution in [1.82, 2.24) is 10.2 Å². The molecule has 8 heteroatoms. The molecule has 0 aliphatic carbocycles. The number of anilines is 1. The largest absolute Gasteiger partial charge is 0.454 e. The van der Waals surface area contributed by atoms with Gasteiger partial charge in [0, 0.05) is 38.4 Å². The van der Waals surface area contributed by atoms with Crippen LogP contribution in [-0.2, 0) is 4.74 Å². The molecule has 0 unspecified atom stereocenters. The summed E-state index contributed by atoms with van der Waals surface area (Å²) in [6, 6.07) is 12.4. The van der Waals surface area contributed by atoms with Crippen molar-refractivity contribution in [2.24, 2.45) is 0 Å². The molecule has 1 N–H and O–H groups in total. The number of rotatable bonds is 5. The zero-order valence-corrected chi connectivity index (χ0v) is 16.3. The van der Waals surface area contributed by atoms with Crippen LogP contribution >= 0.6 is 0 Å². The predicted octanol–water partition coefficient (Wildman–Crippen LogP) is 2.77. The van der Waals surface area contributed by atoms with Gasteiger partial charge in [-0.2, -0.15) is 0 Å². The molecule has 0 spiro atoms. The maximum Gasteiger partial charge on any atom is 0.406 e. The summed E-state index contributed by atoms with van der Waals surface area (Å²) in [6.07, 6.45) is -0.458. The number of piperazine rings is 1. The second-order valence-corrected chi connectivity index (χ2v) is 7.00. The molecule has 2 aromatic carbocycles. The zero-order chi connectivity index (χ0) is 20.2. The van der Waals surface area contributed by atoms with Crippen LogP contribution < -0.4 is 19.7 Å². The van der Waals surface area contributed by atoms with E-state index in [2.05, 4.69) is 15.1 Å². The van der Waals surface area contributed by atoms with E-state index in [0.717, 1.165) is 48.9 Å². The summed E-state index contributed by atoms with van der Waals surface area (Å²) < 4.78 is 28.8. The molecule has 2 aliphatic heterocycles. The molecule has 0 radical (unpaired) electrons. The highest BCUT2D eigenvalue weighted by molar-refractivity contribution is 5.67. The van der Waals surface area contributed by atoms with Crippen molar-refractivity contribution in [2.75, 3.05) is 51.5 Å². The van der Waals surface area contributed by atoms with Crippen LogP contribution in [0.15, 0.2) is 42.5 Å². The minimum atomic E-state index is -0.458. The van der Waals surface area contributed by atoms with Crippen molar-refractivity contribution in [3.8, 4) is 11.5 Å². The summed E-state index contributed by atoms with van der Waals surface area (Å²) in [7, 11) is 1.35. The summed E-state index contributed by atoms with van der Waals surface area (Å²) in [5.41, 5.74) is 2.05. The maximum atomic E-state index is 13.2. The van der Waals surface area contributed by atoms with E-state index in [0.29, 0.717) is 6.54 Å². The van der Waals surface area contributed by atoms with E-state index in [9.17, 15) is 9.18 Å². The van der Waals surface area contributed by atoms with Crippen LogP contribution in [0, 0.1) is 5.82 Å². The third-order valence-electron chi connectivity index (χ3n) is 5.35. The Balaban J connectivity index is 1.48. The molecule has 0 aromatic heterocycles. The molecular formula is C21H24FN3O4. The summed E-state index contributed by atoms with van der Waals surface area (Å²) >= 11 is 0. The lowest BCUT2D eigenvalue weighted by atomic mass is 10.0. The van der Waals surface area contributed by atoms with Crippen molar-refractivity contribution in [3.63, 3.8) is 0 Å². The van der Waals surface area contributed by atoms with Crippen LogP contribution in [-0.4, -0.2) is 57.6 Å². The Kier molecular flexibility index (Phi) is 5.71. The molecule has 2 aromatic rings. The molecule has 154 valence electrons. The normalized spacial score (nSPS) is 17.1. The Hall–Kier alpha value is -3.00. The van der Waals surface area contributed by atoms with Crippen LogP contribution in [0.3, 0.4) is 0 Å². The fourth-order valence-electron chi connectivity index (χ4n) is 3.77. The molecule has 2 aliphatic rings. The lowest BCUT2D eigenvalue weighted by molar-refractivity contribution is 0.154. The van der Waals surface area contributed by atoms with Gasteiger partial charge in [-0.1, -0.05) is 6.07 Å². The number of amides is 1. The SMILES string of the molecule is COC(=O)NC[C@H](c1ccc2c(c1)OCO2)N1CCN(c2ccc(F)cc2)CC1. The number of carbonyl (C=O) groups is 1. The van der Waals surface area contributed by atoms with Crippen LogP contribution in [0.4, 0.5) is 14.9 Å². The Morgan fingerprint density at radius 3 is 2.55 bits per heavy atom. The smallest absolute Gasteiger partial charge is 0.406 e. The Labute approximate surface area is 168 Å². The Bertz CT molecular complexity index is 854. The molecule has 2 heterocycles. The molecule has 0 bridgehead atoms. The van der Waals surface area contributed by atoms with Crippen LogP contribution in [0.5, 0.6) is 11.5 Å².